The van der Waals surface area contributed by atoms with E-state index in [4.69, 9.17) is 4.74 Å². The molecule has 4 fully saturated rings. The van der Waals surface area contributed by atoms with E-state index in [0.717, 1.165) is 25.7 Å². The Balaban J connectivity index is 1.69. The van der Waals surface area contributed by atoms with Crippen LogP contribution < -0.4 is 0 Å². The SMILES string of the molecule is CC(=O)OC[C@@]1(O)CC[C@]23C[C@H]1C[C@@H]2C[C@@H](O)[C@H]1[C@](C)(CO)[C@H](O)CC[C@@]13C. The van der Waals surface area contributed by atoms with Gasteiger partial charge in [0, 0.05) is 18.3 Å². The van der Waals surface area contributed by atoms with Gasteiger partial charge in [0.05, 0.1) is 18.8 Å². The highest BCUT2D eigenvalue weighted by Gasteiger charge is 2.72. The summed E-state index contributed by atoms with van der Waals surface area (Å²) in [6.07, 6.45) is 4.09. The molecule has 160 valence electrons. The van der Waals surface area contributed by atoms with Gasteiger partial charge in [-0.1, -0.05) is 13.8 Å². The Hall–Kier alpha value is -0.690. The van der Waals surface area contributed by atoms with Gasteiger partial charge in [-0.2, -0.15) is 0 Å². The number of ether oxygens (including phenoxy) is 1. The number of hydrogen-bond donors (Lipinski definition) is 4. The van der Waals surface area contributed by atoms with Gasteiger partial charge >= 0.3 is 5.97 Å². The maximum Gasteiger partial charge on any atom is 0.302 e. The molecule has 1 spiro atoms. The van der Waals surface area contributed by atoms with E-state index in [1.807, 2.05) is 6.92 Å². The van der Waals surface area contributed by atoms with Crippen LogP contribution in [0.2, 0.25) is 0 Å². The number of fused-ring (bicyclic) bond motifs is 2. The second-order valence-electron chi connectivity index (χ2n) is 10.8. The summed E-state index contributed by atoms with van der Waals surface area (Å²) >= 11 is 0. The molecule has 0 aromatic carbocycles. The highest BCUT2D eigenvalue weighted by atomic mass is 16.5. The predicted octanol–water partition coefficient (Wildman–Crippen LogP) is 1.63. The van der Waals surface area contributed by atoms with Gasteiger partial charge in [-0.25, -0.2) is 0 Å². The summed E-state index contributed by atoms with van der Waals surface area (Å²) in [7, 11) is 0. The Labute approximate surface area is 167 Å². The van der Waals surface area contributed by atoms with Crippen molar-refractivity contribution in [2.75, 3.05) is 13.2 Å². The van der Waals surface area contributed by atoms with Crippen molar-refractivity contribution in [1.29, 1.82) is 0 Å². The molecular weight excluding hydrogens is 360 g/mol. The zero-order valence-electron chi connectivity index (χ0n) is 17.4. The molecule has 4 saturated carbocycles. The molecule has 0 heterocycles. The number of hydrogen-bond acceptors (Lipinski definition) is 6. The van der Waals surface area contributed by atoms with E-state index in [1.54, 1.807) is 0 Å². The summed E-state index contributed by atoms with van der Waals surface area (Å²) in [4.78, 5) is 11.3. The first-order chi connectivity index (χ1) is 13.0. The van der Waals surface area contributed by atoms with Crippen molar-refractivity contribution in [3.63, 3.8) is 0 Å². The molecule has 0 unspecified atom stereocenters. The van der Waals surface area contributed by atoms with Crippen LogP contribution >= 0.6 is 0 Å². The van der Waals surface area contributed by atoms with Crippen LogP contribution in [-0.2, 0) is 9.53 Å². The van der Waals surface area contributed by atoms with Crippen molar-refractivity contribution in [3.05, 3.63) is 0 Å². The highest BCUT2D eigenvalue weighted by molar-refractivity contribution is 5.65. The largest absolute Gasteiger partial charge is 0.463 e. The maximum atomic E-state index is 11.3. The average molecular weight is 397 g/mol. The van der Waals surface area contributed by atoms with Crippen molar-refractivity contribution < 1.29 is 30.0 Å². The molecule has 0 radical (unpaired) electrons. The molecule has 0 aromatic heterocycles. The molecule has 0 aromatic rings. The van der Waals surface area contributed by atoms with Crippen molar-refractivity contribution in [2.45, 2.75) is 83.5 Å². The molecule has 2 bridgehead atoms. The van der Waals surface area contributed by atoms with Gasteiger partial charge < -0.3 is 25.2 Å². The summed E-state index contributed by atoms with van der Waals surface area (Å²) in [6.45, 7) is 5.46. The van der Waals surface area contributed by atoms with E-state index in [-0.39, 0.29) is 41.8 Å². The summed E-state index contributed by atoms with van der Waals surface area (Å²) < 4.78 is 5.20. The summed E-state index contributed by atoms with van der Waals surface area (Å²) in [5, 5.41) is 43.3. The third-order valence-electron chi connectivity index (χ3n) is 9.73. The van der Waals surface area contributed by atoms with Crippen LogP contribution in [-0.4, -0.2) is 57.4 Å². The normalized spacial score (nSPS) is 55.3. The van der Waals surface area contributed by atoms with Gasteiger partial charge in [-0.05, 0) is 67.6 Å². The van der Waals surface area contributed by atoms with Gasteiger partial charge in [0.1, 0.15) is 12.2 Å². The van der Waals surface area contributed by atoms with Gasteiger partial charge in [0.25, 0.3) is 0 Å². The molecule has 6 nitrogen and oxygen atoms in total. The topological polar surface area (TPSA) is 107 Å². The van der Waals surface area contributed by atoms with Crippen LogP contribution in [0, 0.1) is 34.0 Å². The first-order valence-electron chi connectivity index (χ1n) is 10.9. The van der Waals surface area contributed by atoms with Crippen molar-refractivity contribution in [2.24, 2.45) is 34.0 Å². The second-order valence-corrected chi connectivity index (χ2v) is 10.8. The van der Waals surface area contributed by atoms with Gasteiger partial charge in [0.2, 0.25) is 0 Å². The van der Waals surface area contributed by atoms with E-state index < -0.39 is 23.2 Å². The lowest BCUT2D eigenvalue weighted by Crippen LogP contribution is -2.67. The second kappa shape index (κ2) is 6.40. The molecule has 9 atom stereocenters. The molecule has 0 amide bonds. The van der Waals surface area contributed by atoms with Crippen molar-refractivity contribution in [1.82, 2.24) is 0 Å². The van der Waals surface area contributed by atoms with E-state index >= 15 is 0 Å². The van der Waals surface area contributed by atoms with Crippen LogP contribution in [0.15, 0.2) is 0 Å². The van der Waals surface area contributed by atoms with Crippen LogP contribution in [0.25, 0.3) is 0 Å². The fourth-order valence-corrected chi connectivity index (χ4v) is 8.25. The minimum absolute atomic E-state index is 0.000582. The number of aliphatic hydroxyl groups excluding tert-OH is 3. The van der Waals surface area contributed by atoms with Crippen molar-refractivity contribution >= 4 is 5.97 Å². The molecule has 28 heavy (non-hydrogen) atoms. The smallest absolute Gasteiger partial charge is 0.302 e. The molecular formula is C22H36O6. The Kier molecular flexibility index (Phi) is 4.70. The molecule has 0 saturated heterocycles. The van der Waals surface area contributed by atoms with E-state index in [9.17, 15) is 25.2 Å². The summed E-state index contributed by atoms with van der Waals surface area (Å²) in [6, 6.07) is 0. The van der Waals surface area contributed by atoms with Gasteiger partial charge in [-0.3, -0.25) is 4.79 Å². The van der Waals surface area contributed by atoms with E-state index in [2.05, 4.69) is 6.92 Å². The lowest BCUT2D eigenvalue weighted by molar-refractivity contribution is -0.248. The molecule has 0 aliphatic heterocycles. The lowest BCUT2D eigenvalue weighted by Gasteiger charge is -2.67. The minimum Gasteiger partial charge on any atom is -0.463 e. The molecule has 6 heteroatoms. The maximum absolute atomic E-state index is 11.3. The molecule has 4 N–H and O–H groups in total. The molecule has 4 aliphatic carbocycles. The monoisotopic (exact) mass is 396 g/mol. The highest BCUT2D eigenvalue weighted by Crippen LogP contribution is 2.75. The average Bonchev–Trinajstić information content (AvgIpc) is 2.97. The van der Waals surface area contributed by atoms with E-state index in [0.29, 0.717) is 25.2 Å². The number of esters is 1. The Morgan fingerprint density at radius 1 is 1.11 bits per heavy atom. The molecule has 4 aliphatic rings. The standard InChI is InChI=1S/C22H36O6/c1-13(24)28-12-22(27)7-6-21-10-15(22)8-14(21)9-16(25)18-19(2,11-23)17(26)4-5-20(18,21)3/h14-18,23,25-27H,4-12H2,1-3H3/t14-,15-,16-,17-,18+,19-,20+,21+,22+/m1/s1. The van der Waals surface area contributed by atoms with Crippen LogP contribution in [0.5, 0.6) is 0 Å². The minimum atomic E-state index is -0.987. The Morgan fingerprint density at radius 2 is 1.82 bits per heavy atom. The lowest BCUT2D eigenvalue weighted by atomic mass is 9.38. The van der Waals surface area contributed by atoms with Crippen LogP contribution in [0.1, 0.15) is 65.7 Å². The Bertz CT molecular complexity index is 653. The summed E-state index contributed by atoms with van der Waals surface area (Å²) in [5.41, 5.74) is -1.89. The zero-order chi connectivity index (χ0) is 20.5. The third kappa shape index (κ3) is 2.50. The first-order valence-corrected chi connectivity index (χ1v) is 10.9. The summed E-state index contributed by atoms with van der Waals surface area (Å²) in [5.74, 6) is -0.158. The van der Waals surface area contributed by atoms with Crippen molar-refractivity contribution in [3.8, 4) is 0 Å². The van der Waals surface area contributed by atoms with Crippen LogP contribution in [0.4, 0.5) is 0 Å². The predicted molar refractivity (Wildman–Crippen MR) is 102 cm³/mol. The third-order valence-corrected chi connectivity index (χ3v) is 9.73. The number of carbonyl (C=O) groups is 1. The van der Waals surface area contributed by atoms with Gasteiger partial charge in [0.15, 0.2) is 0 Å². The first kappa shape index (κ1) is 20.6. The number of rotatable bonds is 3. The zero-order valence-corrected chi connectivity index (χ0v) is 17.4. The number of carbonyl (C=O) groups excluding carboxylic acids is 1. The Morgan fingerprint density at radius 3 is 2.46 bits per heavy atom. The van der Waals surface area contributed by atoms with E-state index in [1.165, 1.54) is 6.92 Å². The molecule has 4 rings (SSSR count). The quantitative estimate of drug-likeness (QED) is 0.540. The number of aliphatic hydroxyl groups is 4. The fourth-order valence-electron chi connectivity index (χ4n) is 8.25. The van der Waals surface area contributed by atoms with Gasteiger partial charge in [-0.15, -0.1) is 0 Å². The van der Waals surface area contributed by atoms with Crippen LogP contribution in [0.3, 0.4) is 0 Å². The fraction of sp³-hybridized carbons (Fsp3) is 0.955.